The summed E-state index contributed by atoms with van der Waals surface area (Å²) in [5.41, 5.74) is -0.368. The summed E-state index contributed by atoms with van der Waals surface area (Å²) in [5.74, 6) is -2.21. The van der Waals surface area contributed by atoms with Gasteiger partial charge in [0.15, 0.2) is 0 Å². The number of amides is 2. The Kier molecular flexibility index (Phi) is 11.3. The van der Waals surface area contributed by atoms with Crippen molar-refractivity contribution in [3.05, 3.63) is 130 Å². The fourth-order valence-corrected chi connectivity index (χ4v) is 6.54. The van der Waals surface area contributed by atoms with Crippen LogP contribution >= 0.6 is 11.6 Å². The summed E-state index contributed by atoms with van der Waals surface area (Å²) in [6.45, 7) is 2.14. The zero-order chi connectivity index (χ0) is 34.4. The number of aryl methyl sites for hydroxylation is 1. The molecule has 1 atom stereocenters. The summed E-state index contributed by atoms with van der Waals surface area (Å²) in [5, 5.41) is 2.01. The molecular formula is C34H32ClF4N3O4S. The number of anilines is 1. The van der Waals surface area contributed by atoms with Gasteiger partial charge in [-0.3, -0.25) is 13.9 Å². The van der Waals surface area contributed by atoms with Gasteiger partial charge in [0.25, 0.3) is 10.0 Å². The zero-order valence-electron chi connectivity index (χ0n) is 25.5. The van der Waals surface area contributed by atoms with E-state index >= 15 is 0 Å². The second-order valence-corrected chi connectivity index (χ2v) is 13.0. The van der Waals surface area contributed by atoms with Crippen LogP contribution in [-0.2, 0) is 38.8 Å². The van der Waals surface area contributed by atoms with E-state index in [0.717, 1.165) is 22.6 Å². The molecule has 1 N–H and O–H groups in total. The molecule has 0 saturated carbocycles. The van der Waals surface area contributed by atoms with Crippen LogP contribution in [0.25, 0.3) is 0 Å². The van der Waals surface area contributed by atoms with Crippen LogP contribution in [0.2, 0.25) is 5.02 Å². The highest BCUT2D eigenvalue weighted by atomic mass is 35.5. The predicted octanol–water partition coefficient (Wildman–Crippen LogP) is 6.78. The van der Waals surface area contributed by atoms with Crippen LogP contribution in [-0.4, -0.2) is 44.3 Å². The van der Waals surface area contributed by atoms with Crippen molar-refractivity contribution in [1.29, 1.82) is 0 Å². The minimum absolute atomic E-state index is 0.0171. The Morgan fingerprint density at radius 3 is 2.17 bits per heavy atom. The van der Waals surface area contributed by atoms with Gasteiger partial charge in [-0.05, 0) is 55.8 Å². The van der Waals surface area contributed by atoms with Gasteiger partial charge in [-0.15, -0.1) is 0 Å². The van der Waals surface area contributed by atoms with Crippen LogP contribution in [0.3, 0.4) is 0 Å². The fraction of sp³-hybridized carbons (Fsp3) is 0.235. The lowest BCUT2D eigenvalue weighted by molar-refractivity contribution is -0.140. The molecule has 0 saturated heterocycles. The first-order chi connectivity index (χ1) is 22.2. The molecule has 4 rings (SSSR count). The van der Waals surface area contributed by atoms with Gasteiger partial charge >= 0.3 is 6.18 Å². The van der Waals surface area contributed by atoms with E-state index in [1.165, 1.54) is 42.5 Å². The van der Waals surface area contributed by atoms with Crippen molar-refractivity contribution in [1.82, 2.24) is 10.2 Å². The SMILES string of the molecule is CCNC(=O)[C@@H](Cc1ccccc1)N(Cc1ccccc1F)C(=O)CN(c1ccc(Cl)c(C(F)(F)F)c1)S(=O)(=O)c1ccc(C)cc1. The molecule has 0 heterocycles. The highest BCUT2D eigenvalue weighted by molar-refractivity contribution is 7.92. The van der Waals surface area contributed by atoms with Gasteiger partial charge in [-0.1, -0.05) is 77.8 Å². The van der Waals surface area contributed by atoms with Gasteiger partial charge in [0.1, 0.15) is 18.4 Å². The van der Waals surface area contributed by atoms with Gasteiger partial charge in [0.05, 0.1) is 21.2 Å². The summed E-state index contributed by atoms with van der Waals surface area (Å²) in [4.78, 5) is 28.6. The molecule has 0 unspecified atom stereocenters. The molecule has 4 aromatic rings. The lowest BCUT2D eigenvalue weighted by Gasteiger charge is -2.34. The van der Waals surface area contributed by atoms with Crippen LogP contribution in [0, 0.1) is 12.7 Å². The monoisotopic (exact) mass is 689 g/mol. The van der Waals surface area contributed by atoms with E-state index in [2.05, 4.69) is 5.32 Å². The van der Waals surface area contributed by atoms with E-state index in [-0.39, 0.29) is 23.4 Å². The molecule has 0 radical (unpaired) electrons. The van der Waals surface area contributed by atoms with Gasteiger partial charge in [-0.25, -0.2) is 12.8 Å². The van der Waals surface area contributed by atoms with E-state index in [1.807, 2.05) is 0 Å². The van der Waals surface area contributed by atoms with Crippen molar-refractivity contribution in [3.8, 4) is 0 Å². The van der Waals surface area contributed by atoms with Crippen molar-refractivity contribution < 1.29 is 35.6 Å². The zero-order valence-corrected chi connectivity index (χ0v) is 27.0. The summed E-state index contributed by atoms with van der Waals surface area (Å²) < 4.78 is 85.3. The molecule has 0 aliphatic heterocycles. The number of halogens is 5. The standard InChI is InChI=1S/C34H32ClF4N3O4S/c1-3-40-33(44)31(19-24-9-5-4-6-10-24)41(21-25-11-7-8-12-30(25)36)32(43)22-42(47(45,46)27-16-13-23(2)14-17-27)26-15-18-29(35)28(20-26)34(37,38)39/h4-18,20,31H,3,19,21-22H2,1-2H3,(H,40,44)/t31-/m1/s1. The molecule has 0 aromatic heterocycles. The van der Waals surface area contributed by atoms with Crippen molar-refractivity contribution in [3.63, 3.8) is 0 Å². The third kappa shape index (κ3) is 8.69. The third-order valence-corrected chi connectivity index (χ3v) is 9.47. The van der Waals surface area contributed by atoms with Crippen LogP contribution in [0.15, 0.2) is 102 Å². The average Bonchev–Trinajstić information content (AvgIpc) is 3.03. The molecular weight excluding hydrogens is 658 g/mol. The van der Waals surface area contributed by atoms with Crippen molar-refractivity contribution in [2.75, 3.05) is 17.4 Å². The first kappa shape index (κ1) is 35.4. The van der Waals surface area contributed by atoms with Crippen LogP contribution in [0.5, 0.6) is 0 Å². The number of carbonyl (C=O) groups excluding carboxylic acids is 2. The number of sulfonamides is 1. The molecule has 0 bridgehead atoms. The number of nitrogens with zero attached hydrogens (tertiary/aromatic N) is 2. The van der Waals surface area contributed by atoms with E-state index < -0.39 is 69.2 Å². The molecule has 248 valence electrons. The van der Waals surface area contributed by atoms with E-state index in [4.69, 9.17) is 11.6 Å². The Morgan fingerprint density at radius 1 is 0.915 bits per heavy atom. The lowest BCUT2D eigenvalue weighted by Crippen LogP contribution is -2.53. The third-order valence-electron chi connectivity index (χ3n) is 7.35. The molecule has 4 aromatic carbocycles. The van der Waals surface area contributed by atoms with Gasteiger partial charge in [0, 0.05) is 25.1 Å². The van der Waals surface area contributed by atoms with Crippen molar-refractivity contribution in [2.24, 2.45) is 0 Å². The smallest absolute Gasteiger partial charge is 0.355 e. The molecule has 47 heavy (non-hydrogen) atoms. The van der Waals surface area contributed by atoms with Gasteiger partial charge in [0.2, 0.25) is 11.8 Å². The highest BCUT2D eigenvalue weighted by Crippen LogP contribution is 2.38. The van der Waals surface area contributed by atoms with Crippen molar-refractivity contribution >= 4 is 39.1 Å². The molecule has 7 nitrogen and oxygen atoms in total. The summed E-state index contributed by atoms with van der Waals surface area (Å²) in [7, 11) is -4.67. The highest BCUT2D eigenvalue weighted by Gasteiger charge is 2.37. The Bertz CT molecular complexity index is 1820. The summed E-state index contributed by atoms with van der Waals surface area (Å²) in [6, 6.07) is 21.1. The number of hydrogen-bond donors (Lipinski definition) is 1. The molecule has 2 amide bonds. The topological polar surface area (TPSA) is 86.8 Å². The number of carbonyl (C=O) groups is 2. The summed E-state index contributed by atoms with van der Waals surface area (Å²) >= 11 is 5.84. The van der Waals surface area contributed by atoms with Gasteiger partial charge < -0.3 is 10.2 Å². The van der Waals surface area contributed by atoms with Gasteiger partial charge in [-0.2, -0.15) is 13.2 Å². The number of alkyl halides is 3. The van der Waals surface area contributed by atoms with E-state index in [1.54, 1.807) is 50.2 Å². The lowest BCUT2D eigenvalue weighted by atomic mass is 10.0. The Labute approximate surface area is 275 Å². The number of rotatable bonds is 12. The first-order valence-electron chi connectivity index (χ1n) is 14.5. The predicted molar refractivity (Wildman–Crippen MR) is 172 cm³/mol. The maximum atomic E-state index is 15.0. The molecule has 0 aliphatic rings. The number of nitrogens with one attached hydrogen (secondary N) is 1. The minimum atomic E-state index is -4.94. The Morgan fingerprint density at radius 2 is 1.55 bits per heavy atom. The molecule has 0 spiro atoms. The minimum Gasteiger partial charge on any atom is -0.355 e. The van der Waals surface area contributed by atoms with E-state index in [9.17, 15) is 35.6 Å². The quantitative estimate of drug-likeness (QED) is 0.166. The molecule has 13 heteroatoms. The fourth-order valence-electron chi connectivity index (χ4n) is 4.91. The van der Waals surface area contributed by atoms with Crippen LogP contribution in [0.1, 0.15) is 29.2 Å². The number of benzene rings is 4. The maximum Gasteiger partial charge on any atom is 0.417 e. The maximum absolute atomic E-state index is 15.0. The first-order valence-corrected chi connectivity index (χ1v) is 16.3. The van der Waals surface area contributed by atoms with E-state index in [0.29, 0.717) is 15.9 Å². The average molecular weight is 690 g/mol. The normalized spacial score (nSPS) is 12.3. The van der Waals surface area contributed by atoms with Crippen LogP contribution in [0.4, 0.5) is 23.2 Å². The molecule has 0 aliphatic carbocycles. The second kappa shape index (κ2) is 15.0. The largest absolute Gasteiger partial charge is 0.417 e. The van der Waals surface area contributed by atoms with Crippen LogP contribution < -0.4 is 9.62 Å². The molecule has 0 fully saturated rings. The number of likely N-dealkylation sites (N-methyl/N-ethyl adjacent to an activating group) is 1. The Hall–Kier alpha value is -4.42. The second-order valence-electron chi connectivity index (χ2n) is 10.7. The summed E-state index contributed by atoms with van der Waals surface area (Å²) in [6.07, 6.45) is -4.96. The number of hydrogen-bond acceptors (Lipinski definition) is 4. The van der Waals surface area contributed by atoms with Crippen molar-refractivity contribution in [2.45, 2.75) is 43.9 Å². The Balaban J connectivity index is 1.87.